The first-order valence-corrected chi connectivity index (χ1v) is 13.2. The molecule has 0 aliphatic carbocycles. The molecule has 186 valence electrons. The Bertz CT molecular complexity index is 1310. The molecule has 1 N–H and O–H groups in total. The molecule has 0 aliphatic rings. The fourth-order valence-electron chi connectivity index (χ4n) is 3.92. The molecule has 3 aromatic rings. The number of amides is 1. The third-order valence-electron chi connectivity index (χ3n) is 5.85. The summed E-state index contributed by atoms with van der Waals surface area (Å²) in [5, 5.41) is 3.38. The summed E-state index contributed by atoms with van der Waals surface area (Å²) in [6.45, 7) is 9.71. The van der Waals surface area contributed by atoms with E-state index in [1.165, 1.54) is 29.8 Å². The molecule has 35 heavy (non-hydrogen) atoms. The van der Waals surface area contributed by atoms with Crippen molar-refractivity contribution in [3.05, 3.63) is 87.9 Å². The van der Waals surface area contributed by atoms with E-state index in [2.05, 4.69) is 17.4 Å². The number of para-hydroxylation sites is 2. The van der Waals surface area contributed by atoms with Crippen LogP contribution in [0.5, 0.6) is 5.75 Å². The number of rotatable bonds is 9. The maximum Gasteiger partial charge on any atom is 0.264 e. The maximum absolute atomic E-state index is 13.7. The van der Waals surface area contributed by atoms with E-state index in [0.717, 1.165) is 21.0 Å². The lowest BCUT2D eigenvalue weighted by molar-refractivity contribution is -0.120. The quantitative estimate of drug-likeness (QED) is 0.395. The van der Waals surface area contributed by atoms with Crippen LogP contribution < -0.4 is 14.4 Å². The summed E-state index contributed by atoms with van der Waals surface area (Å²) in [6.07, 6.45) is 0. The highest BCUT2D eigenvalue weighted by molar-refractivity contribution is 7.92. The molecule has 6 nitrogen and oxygen atoms in total. The minimum Gasteiger partial charge on any atom is -0.492 e. The van der Waals surface area contributed by atoms with Gasteiger partial charge in [-0.25, -0.2) is 8.42 Å². The third-order valence-corrected chi connectivity index (χ3v) is 7.87. The zero-order valence-electron chi connectivity index (χ0n) is 20.6. The van der Waals surface area contributed by atoms with E-state index in [1.54, 1.807) is 24.3 Å². The van der Waals surface area contributed by atoms with Crippen LogP contribution in [-0.4, -0.2) is 27.5 Å². The molecule has 1 amide bonds. The summed E-state index contributed by atoms with van der Waals surface area (Å²) in [6, 6.07) is 16.5. The van der Waals surface area contributed by atoms with Gasteiger partial charge in [-0.2, -0.15) is 0 Å². The monoisotopic (exact) mass is 514 g/mol. The van der Waals surface area contributed by atoms with Crippen LogP contribution in [0.4, 0.5) is 5.69 Å². The van der Waals surface area contributed by atoms with Crippen molar-refractivity contribution < 1.29 is 17.9 Å². The minimum atomic E-state index is -4.09. The molecule has 0 aromatic heterocycles. The molecule has 8 heteroatoms. The molecule has 3 aromatic carbocycles. The lowest BCUT2D eigenvalue weighted by atomic mass is 9.96. The van der Waals surface area contributed by atoms with Crippen LogP contribution in [0.25, 0.3) is 0 Å². The number of hydrogen-bond donors (Lipinski definition) is 1. The number of nitrogens with zero attached hydrogens (tertiary/aromatic N) is 1. The van der Waals surface area contributed by atoms with Crippen LogP contribution in [0.2, 0.25) is 5.02 Å². The average molecular weight is 515 g/mol. The number of benzene rings is 3. The molecule has 0 saturated carbocycles. The Hall–Kier alpha value is -3.03. The molecule has 0 unspecified atom stereocenters. The van der Waals surface area contributed by atoms with E-state index < -0.39 is 22.5 Å². The third kappa shape index (κ3) is 6.16. The van der Waals surface area contributed by atoms with Gasteiger partial charge in [-0.3, -0.25) is 9.10 Å². The van der Waals surface area contributed by atoms with Gasteiger partial charge in [-0.1, -0.05) is 35.9 Å². The van der Waals surface area contributed by atoms with Crippen molar-refractivity contribution in [3.8, 4) is 5.75 Å². The molecule has 0 radical (unpaired) electrons. The Labute approximate surface area is 212 Å². The SMILES string of the molecule is CCOc1ccccc1N(CC(=O)N[C@H](C)c1cc(C)c(C)cc1C)S(=O)(=O)c1ccc(Cl)cc1. The number of carbonyl (C=O) groups is 1. The van der Waals surface area contributed by atoms with Crippen LogP contribution >= 0.6 is 11.6 Å². The maximum atomic E-state index is 13.7. The van der Waals surface area contributed by atoms with Crippen LogP contribution in [0.1, 0.15) is 42.1 Å². The summed E-state index contributed by atoms with van der Waals surface area (Å²) < 4.78 is 34.1. The number of sulfonamides is 1. The number of hydrogen-bond acceptors (Lipinski definition) is 4. The van der Waals surface area contributed by atoms with Gasteiger partial charge in [0.2, 0.25) is 5.91 Å². The molecule has 0 bridgehead atoms. The highest BCUT2D eigenvalue weighted by Gasteiger charge is 2.30. The van der Waals surface area contributed by atoms with Gasteiger partial charge in [0, 0.05) is 5.02 Å². The molecule has 0 saturated heterocycles. The van der Waals surface area contributed by atoms with Gasteiger partial charge in [0.1, 0.15) is 12.3 Å². The Morgan fingerprint density at radius 2 is 1.63 bits per heavy atom. The van der Waals surface area contributed by atoms with Crippen LogP contribution in [0.15, 0.2) is 65.6 Å². The van der Waals surface area contributed by atoms with Crippen molar-refractivity contribution in [2.75, 3.05) is 17.5 Å². The summed E-state index contributed by atoms with van der Waals surface area (Å²) in [4.78, 5) is 13.2. The van der Waals surface area contributed by atoms with Gasteiger partial charge in [0.15, 0.2) is 0 Å². The summed E-state index contributed by atoms with van der Waals surface area (Å²) in [7, 11) is -4.09. The Morgan fingerprint density at radius 3 is 2.29 bits per heavy atom. The fraction of sp³-hybridized carbons (Fsp3) is 0.296. The molecule has 0 aliphatic heterocycles. The van der Waals surface area contributed by atoms with Crippen molar-refractivity contribution in [2.24, 2.45) is 0 Å². The molecular weight excluding hydrogens is 484 g/mol. The van der Waals surface area contributed by atoms with Crippen molar-refractivity contribution in [3.63, 3.8) is 0 Å². The second kappa shape index (κ2) is 11.1. The second-order valence-corrected chi connectivity index (χ2v) is 10.7. The molecule has 1 atom stereocenters. The zero-order chi connectivity index (χ0) is 25.8. The van der Waals surface area contributed by atoms with Gasteiger partial charge >= 0.3 is 0 Å². The van der Waals surface area contributed by atoms with Crippen LogP contribution in [0.3, 0.4) is 0 Å². The highest BCUT2D eigenvalue weighted by Crippen LogP contribution is 2.33. The zero-order valence-corrected chi connectivity index (χ0v) is 22.2. The topological polar surface area (TPSA) is 75.7 Å². The summed E-state index contributed by atoms with van der Waals surface area (Å²) in [5.74, 6) is -0.0580. The number of anilines is 1. The molecule has 0 fully saturated rings. The van der Waals surface area contributed by atoms with Crippen LogP contribution in [-0.2, 0) is 14.8 Å². The highest BCUT2D eigenvalue weighted by atomic mass is 35.5. The number of aryl methyl sites for hydroxylation is 3. The van der Waals surface area contributed by atoms with E-state index >= 15 is 0 Å². The van der Waals surface area contributed by atoms with E-state index in [-0.39, 0.29) is 16.6 Å². The largest absolute Gasteiger partial charge is 0.492 e. The first-order valence-electron chi connectivity index (χ1n) is 11.4. The number of nitrogens with one attached hydrogen (secondary N) is 1. The van der Waals surface area contributed by atoms with Gasteiger partial charge in [-0.15, -0.1) is 0 Å². The van der Waals surface area contributed by atoms with Crippen molar-refractivity contribution in [2.45, 2.75) is 45.6 Å². The molecular formula is C27H31ClN2O4S. The fourth-order valence-corrected chi connectivity index (χ4v) is 5.48. The predicted molar refractivity (Wildman–Crippen MR) is 141 cm³/mol. The molecule has 0 heterocycles. The summed E-state index contributed by atoms with van der Waals surface area (Å²) >= 11 is 5.97. The number of carbonyl (C=O) groups excluding carboxylic acids is 1. The number of ether oxygens (including phenoxy) is 1. The summed E-state index contributed by atoms with van der Waals surface area (Å²) in [5.41, 5.74) is 4.65. The van der Waals surface area contributed by atoms with Crippen molar-refractivity contribution in [1.29, 1.82) is 0 Å². The standard InChI is InChI=1S/C27H31ClN2O4S/c1-6-34-26-10-8-7-9-25(26)30(35(32,33)23-13-11-22(28)12-14-23)17-27(31)29-21(5)24-16-19(3)18(2)15-20(24)4/h7-16,21H,6,17H2,1-5H3,(H,29,31)/t21-/m1/s1. The predicted octanol–water partition coefficient (Wildman–Crippen LogP) is 5.74. The number of halogens is 1. The van der Waals surface area contributed by atoms with Crippen molar-refractivity contribution in [1.82, 2.24) is 5.32 Å². The van der Waals surface area contributed by atoms with Crippen molar-refractivity contribution >= 4 is 33.2 Å². The van der Waals surface area contributed by atoms with Gasteiger partial charge in [0.25, 0.3) is 10.0 Å². The lowest BCUT2D eigenvalue weighted by Gasteiger charge is -2.27. The van der Waals surface area contributed by atoms with E-state index in [4.69, 9.17) is 16.3 Å². The van der Waals surface area contributed by atoms with Gasteiger partial charge < -0.3 is 10.1 Å². The molecule has 0 spiro atoms. The second-order valence-electron chi connectivity index (χ2n) is 8.45. The first kappa shape index (κ1) is 26.6. The minimum absolute atomic E-state index is 0.0269. The first-order chi connectivity index (χ1) is 16.5. The van der Waals surface area contributed by atoms with Gasteiger partial charge in [0.05, 0.1) is 23.2 Å². The Balaban J connectivity index is 1.96. The average Bonchev–Trinajstić information content (AvgIpc) is 2.80. The lowest BCUT2D eigenvalue weighted by Crippen LogP contribution is -2.41. The smallest absolute Gasteiger partial charge is 0.264 e. The van der Waals surface area contributed by atoms with Crippen LogP contribution in [0, 0.1) is 20.8 Å². The molecule has 3 rings (SSSR count). The normalized spacial score (nSPS) is 12.2. The van der Waals surface area contributed by atoms with E-state index in [1.807, 2.05) is 34.6 Å². The Morgan fingerprint density at radius 1 is 1.00 bits per heavy atom. The van der Waals surface area contributed by atoms with E-state index in [0.29, 0.717) is 17.4 Å². The van der Waals surface area contributed by atoms with Gasteiger partial charge in [-0.05, 0) is 93.3 Å². The Kier molecular flexibility index (Phi) is 8.46. The van der Waals surface area contributed by atoms with E-state index in [9.17, 15) is 13.2 Å².